The van der Waals surface area contributed by atoms with Crippen LogP contribution in [0.3, 0.4) is 0 Å². The molecule has 7 heteroatoms. The second kappa shape index (κ2) is 7.72. The summed E-state index contributed by atoms with van der Waals surface area (Å²) < 4.78 is 5.36. The lowest BCUT2D eigenvalue weighted by molar-refractivity contribution is 0.770. The molecular formula is C22H18Br2N4O. The molecule has 0 spiro atoms. The molecule has 2 aromatic carbocycles. The van der Waals surface area contributed by atoms with Gasteiger partial charge in [-0.3, -0.25) is 4.79 Å². The zero-order chi connectivity index (χ0) is 20.7. The van der Waals surface area contributed by atoms with E-state index >= 15 is 0 Å². The zero-order valence-electron chi connectivity index (χ0n) is 16.1. The van der Waals surface area contributed by atoms with E-state index in [4.69, 9.17) is 0 Å². The Morgan fingerprint density at radius 3 is 2.55 bits per heavy atom. The van der Waals surface area contributed by atoms with E-state index in [0.717, 1.165) is 31.6 Å². The molecule has 5 nitrogen and oxygen atoms in total. The molecule has 0 aliphatic heterocycles. The summed E-state index contributed by atoms with van der Waals surface area (Å²) in [6.45, 7) is 5.88. The third-order valence-corrected chi connectivity index (χ3v) is 6.01. The summed E-state index contributed by atoms with van der Waals surface area (Å²) in [5.74, 6) is 0.542. The van der Waals surface area contributed by atoms with Crippen molar-refractivity contribution in [3.05, 3.63) is 90.6 Å². The Morgan fingerprint density at radius 1 is 1.03 bits per heavy atom. The molecule has 0 aliphatic rings. The molecule has 0 radical (unpaired) electrons. The Bertz CT molecular complexity index is 1330. The standard InChI is InChI=1S/C22H18Br2N4O/c1-13-10-16(14(2)27(13)21-7-5-4-6-19(21)24)12-25-28-15(3)26-20-9-8-17(23)11-18(20)22(28)29/h4-12H,1-3H3. The van der Waals surface area contributed by atoms with Gasteiger partial charge in [-0.05, 0) is 73.1 Å². The molecule has 0 bridgehead atoms. The molecule has 29 heavy (non-hydrogen) atoms. The van der Waals surface area contributed by atoms with Crippen molar-refractivity contribution >= 4 is 49.0 Å². The number of hydrogen-bond donors (Lipinski definition) is 0. The van der Waals surface area contributed by atoms with Crippen LogP contribution in [0.15, 0.2) is 67.4 Å². The number of aromatic nitrogens is 3. The SMILES string of the molecule is Cc1cc(C=Nn2c(C)nc3ccc(Br)cc3c2=O)c(C)n1-c1ccccc1Br. The van der Waals surface area contributed by atoms with Crippen LogP contribution in [0.1, 0.15) is 22.8 Å². The Kier molecular flexibility index (Phi) is 5.27. The number of halogens is 2. The third-order valence-electron chi connectivity index (χ3n) is 4.85. The van der Waals surface area contributed by atoms with Crippen molar-refractivity contribution in [3.8, 4) is 5.69 Å². The van der Waals surface area contributed by atoms with E-state index in [1.807, 2.05) is 37.3 Å². The summed E-state index contributed by atoms with van der Waals surface area (Å²) in [6, 6.07) is 15.6. The number of fused-ring (bicyclic) bond motifs is 1. The highest BCUT2D eigenvalue weighted by Crippen LogP contribution is 2.26. The van der Waals surface area contributed by atoms with Crippen molar-refractivity contribution in [3.63, 3.8) is 0 Å². The summed E-state index contributed by atoms with van der Waals surface area (Å²) >= 11 is 7.03. The van der Waals surface area contributed by atoms with Crippen molar-refractivity contribution in [1.29, 1.82) is 0 Å². The summed E-state index contributed by atoms with van der Waals surface area (Å²) in [6.07, 6.45) is 1.72. The van der Waals surface area contributed by atoms with E-state index in [9.17, 15) is 4.79 Å². The van der Waals surface area contributed by atoms with Gasteiger partial charge in [0.15, 0.2) is 0 Å². The van der Waals surface area contributed by atoms with E-state index < -0.39 is 0 Å². The van der Waals surface area contributed by atoms with E-state index in [2.05, 4.69) is 65.6 Å². The van der Waals surface area contributed by atoms with Crippen molar-refractivity contribution < 1.29 is 0 Å². The quantitative estimate of drug-likeness (QED) is 0.339. The maximum absolute atomic E-state index is 12.9. The van der Waals surface area contributed by atoms with Crippen molar-refractivity contribution in [2.24, 2.45) is 5.10 Å². The summed E-state index contributed by atoms with van der Waals surface area (Å²) in [5.41, 5.74) is 4.60. The fraction of sp³-hybridized carbons (Fsp3) is 0.136. The van der Waals surface area contributed by atoms with Crippen molar-refractivity contribution in [1.82, 2.24) is 14.2 Å². The lowest BCUT2D eigenvalue weighted by Gasteiger charge is -2.11. The number of benzene rings is 2. The topological polar surface area (TPSA) is 52.2 Å². The largest absolute Gasteiger partial charge is 0.317 e. The summed E-state index contributed by atoms with van der Waals surface area (Å²) in [5, 5.41) is 4.99. The van der Waals surface area contributed by atoms with Gasteiger partial charge in [0, 0.05) is 25.9 Å². The molecule has 0 amide bonds. The van der Waals surface area contributed by atoms with Crippen molar-refractivity contribution in [2.75, 3.05) is 0 Å². The Hall–Kier alpha value is -2.51. The van der Waals surface area contributed by atoms with Gasteiger partial charge >= 0.3 is 0 Å². The van der Waals surface area contributed by atoms with Crippen LogP contribution in [0.25, 0.3) is 16.6 Å². The number of nitrogens with zero attached hydrogens (tertiary/aromatic N) is 4. The van der Waals surface area contributed by atoms with Crippen LogP contribution >= 0.6 is 31.9 Å². The molecule has 0 aliphatic carbocycles. The Balaban J connectivity index is 1.81. The van der Waals surface area contributed by atoms with Gasteiger partial charge < -0.3 is 4.57 Å². The van der Waals surface area contributed by atoms with E-state index in [1.165, 1.54) is 4.68 Å². The highest BCUT2D eigenvalue weighted by atomic mass is 79.9. The van der Waals surface area contributed by atoms with Crippen LogP contribution < -0.4 is 5.56 Å². The maximum Gasteiger partial charge on any atom is 0.282 e. The highest BCUT2D eigenvalue weighted by molar-refractivity contribution is 9.10. The molecule has 2 heterocycles. The number of para-hydroxylation sites is 1. The van der Waals surface area contributed by atoms with Crippen LogP contribution in [-0.4, -0.2) is 20.4 Å². The van der Waals surface area contributed by atoms with Crippen LogP contribution in [-0.2, 0) is 0 Å². The van der Waals surface area contributed by atoms with Gasteiger partial charge in [-0.2, -0.15) is 9.78 Å². The average molecular weight is 514 g/mol. The number of rotatable bonds is 3. The Morgan fingerprint density at radius 2 is 1.79 bits per heavy atom. The van der Waals surface area contributed by atoms with E-state index in [-0.39, 0.29) is 5.56 Å². The maximum atomic E-state index is 12.9. The van der Waals surface area contributed by atoms with Crippen LogP contribution in [0, 0.1) is 20.8 Å². The minimum Gasteiger partial charge on any atom is -0.317 e. The van der Waals surface area contributed by atoms with E-state index in [0.29, 0.717) is 16.7 Å². The minimum absolute atomic E-state index is 0.190. The van der Waals surface area contributed by atoms with Gasteiger partial charge in [0.25, 0.3) is 5.56 Å². The van der Waals surface area contributed by atoms with Gasteiger partial charge in [0.05, 0.1) is 22.8 Å². The van der Waals surface area contributed by atoms with Crippen LogP contribution in [0.4, 0.5) is 0 Å². The fourth-order valence-electron chi connectivity index (χ4n) is 3.44. The first-order valence-electron chi connectivity index (χ1n) is 9.04. The average Bonchev–Trinajstić information content (AvgIpc) is 2.96. The molecule has 0 fully saturated rings. The molecule has 0 saturated carbocycles. The number of aryl methyl sites for hydroxylation is 2. The molecule has 4 rings (SSSR count). The molecule has 0 saturated heterocycles. The molecule has 2 aromatic heterocycles. The first kappa shape index (κ1) is 19.8. The normalized spacial score (nSPS) is 11.6. The monoisotopic (exact) mass is 512 g/mol. The van der Waals surface area contributed by atoms with Gasteiger partial charge in [0.1, 0.15) is 5.82 Å². The third kappa shape index (κ3) is 3.60. The minimum atomic E-state index is -0.190. The summed E-state index contributed by atoms with van der Waals surface area (Å²) in [4.78, 5) is 17.4. The predicted octanol–water partition coefficient (Wildman–Crippen LogP) is 5.52. The van der Waals surface area contributed by atoms with Crippen molar-refractivity contribution in [2.45, 2.75) is 20.8 Å². The molecule has 0 atom stereocenters. The summed E-state index contributed by atoms with van der Waals surface area (Å²) in [7, 11) is 0. The molecule has 0 unspecified atom stereocenters. The smallest absolute Gasteiger partial charge is 0.282 e. The lowest BCUT2D eigenvalue weighted by Crippen LogP contribution is -2.20. The highest BCUT2D eigenvalue weighted by Gasteiger charge is 2.12. The van der Waals surface area contributed by atoms with Gasteiger partial charge in [-0.25, -0.2) is 4.98 Å². The zero-order valence-corrected chi connectivity index (χ0v) is 19.3. The Labute approximate surface area is 185 Å². The second-order valence-electron chi connectivity index (χ2n) is 6.80. The number of hydrogen-bond acceptors (Lipinski definition) is 3. The van der Waals surface area contributed by atoms with Gasteiger partial charge in [-0.1, -0.05) is 28.1 Å². The molecule has 146 valence electrons. The van der Waals surface area contributed by atoms with Gasteiger partial charge in [0.2, 0.25) is 0 Å². The predicted molar refractivity (Wildman–Crippen MR) is 124 cm³/mol. The van der Waals surface area contributed by atoms with Gasteiger partial charge in [-0.15, -0.1) is 0 Å². The molecule has 4 aromatic rings. The fourth-order valence-corrected chi connectivity index (χ4v) is 4.26. The molecule has 0 N–H and O–H groups in total. The van der Waals surface area contributed by atoms with E-state index in [1.54, 1.807) is 19.2 Å². The molecular weight excluding hydrogens is 496 g/mol. The lowest BCUT2D eigenvalue weighted by atomic mass is 10.2. The second-order valence-corrected chi connectivity index (χ2v) is 8.57. The first-order chi connectivity index (χ1) is 13.9. The first-order valence-corrected chi connectivity index (χ1v) is 10.6. The van der Waals surface area contributed by atoms with Crippen LogP contribution in [0.5, 0.6) is 0 Å². The van der Waals surface area contributed by atoms with Crippen LogP contribution in [0.2, 0.25) is 0 Å².